The van der Waals surface area contributed by atoms with E-state index < -0.39 is 47.5 Å². The molecule has 0 aliphatic carbocycles. The van der Waals surface area contributed by atoms with Crippen molar-refractivity contribution in [3.8, 4) is 22.6 Å². The van der Waals surface area contributed by atoms with Gasteiger partial charge in [-0.1, -0.05) is 25.5 Å². The molecule has 4 bridgehead atoms. The van der Waals surface area contributed by atoms with Gasteiger partial charge in [0, 0.05) is 49.3 Å². The molecule has 0 aromatic heterocycles. The summed E-state index contributed by atoms with van der Waals surface area (Å²) >= 11 is 0. The molecule has 0 saturated heterocycles. The zero-order chi connectivity index (χ0) is 32.6. The maximum Gasteiger partial charge on any atom is 0.326 e. The zero-order valence-electron chi connectivity index (χ0n) is 25.3. The van der Waals surface area contributed by atoms with E-state index in [9.17, 15) is 39.3 Å². The van der Waals surface area contributed by atoms with Gasteiger partial charge >= 0.3 is 5.97 Å². The SMILES string of the molecule is CNCC(=O)C[C@@H](CCCCN)C(=O)N(C)[C@@H]1C(=O)C[C@@H](C)C(=O)N[C@H](C(=O)O)Cc2ccc(O)c(c2)-c2cc1ccc2O. The van der Waals surface area contributed by atoms with Gasteiger partial charge in [-0.05, 0) is 61.8 Å². The lowest BCUT2D eigenvalue weighted by Crippen LogP contribution is -2.45. The topological polar surface area (TPSA) is 199 Å². The number of hydrogen-bond donors (Lipinski definition) is 6. The molecule has 1 heterocycles. The van der Waals surface area contributed by atoms with Crippen molar-refractivity contribution in [1.29, 1.82) is 0 Å². The first kappa shape index (κ1) is 34.2. The maximum atomic E-state index is 14.0. The summed E-state index contributed by atoms with van der Waals surface area (Å²) < 4.78 is 0. The molecule has 0 spiro atoms. The van der Waals surface area contributed by atoms with Crippen molar-refractivity contribution in [3.63, 3.8) is 0 Å². The molecule has 0 unspecified atom stereocenters. The van der Waals surface area contributed by atoms with Crippen LogP contribution in [0.1, 0.15) is 56.2 Å². The van der Waals surface area contributed by atoms with E-state index in [1.807, 2.05) is 0 Å². The summed E-state index contributed by atoms with van der Waals surface area (Å²) in [5, 5.41) is 36.6. The molecule has 0 radical (unpaired) electrons. The number of aromatic hydroxyl groups is 2. The second kappa shape index (κ2) is 15.4. The molecular weight excluding hydrogens is 568 g/mol. The predicted octanol–water partition coefficient (Wildman–Crippen LogP) is 1.91. The van der Waals surface area contributed by atoms with E-state index >= 15 is 0 Å². The molecule has 4 atom stereocenters. The fourth-order valence-electron chi connectivity index (χ4n) is 5.55. The molecule has 1 aliphatic heterocycles. The highest BCUT2D eigenvalue weighted by molar-refractivity contribution is 5.95. The molecular formula is C32H42N4O8. The molecule has 238 valence electrons. The minimum absolute atomic E-state index is 0.0353. The third-order valence-electron chi connectivity index (χ3n) is 7.94. The Morgan fingerprint density at radius 1 is 1.05 bits per heavy atom. The summed E-state index contributed by atoms with van der Waals surface area (Å²) in [6.45, 7) is 2.01. The first-order valence-electron chi connectivity index (χ1n) is 14.7. The van der Waals surface area contributed by atoms with Crippen molar-refractivity contribution < 1.29 is 39.3 Å². The lowest BCUT2D eigenvalue weighted by atomic mass is 9.88. The number of unbranched alkanes of at least 4 members (excludes halogenated alkanes) is 1. The van der Waals surface area contributed by atoms with E-state index in [0.29, 0.717) is 36.9 Å². The van der Waals surface area contributed by atoms with Crippen LogP contribution in [0.15, 0.2) is 36.4 Å². The molecule has 3 rings (SSSR count). The van der Waals surface area contributed by atoms with Crippen LogP contribution in [0, 0.1) is 11.8 Å². The van der Waals surface area contributed by atoms with Crippen molar-refractivity contribution in [2.45, 2.75) is 57.5 Å². The number of aliphatic carboxylic acids is 1. The summed E-state index contributed by atoms with van der Waals surface area (Å²) in [7, 11) is 3.09. The number of phenolic OH excluding ortho intramolecular Hbond substituents is 2. The number of ketones is 2. The Labute approximate surface area is 256 Å². The number of amides is 2. The fourth-order valence-corrected chi connectivity index (χ4v) is 5.55. The van der Waals surface area contributed by atoms with Crippen molar-refractivity contribution in [3.05, 3.63) is 47.5 Å². The Bertz CT molecular complexity index is 1390. The third kappa shape index (κ3) is 8.42. The number of Topliss-reactive ketones (excluding diaryl/α,β-unsaturated/α-hetero) is 2. The molecule has 2 aromatic rings. The second-order valence-electron chi connectivity index (χ2n) is 11.4. The average Bonchev–Trinajstić information content (AvgIpc) is 2.97. The van der Waals surface area contributed by atoms with Crippen LogP contribution in [-0.4, -0.2) is 82.8 Å². The standard InChI is InChI=1S/C32H42N4O8/c1-18-12-28(40)29(36(3)31(42)21(6-4-5-11-33)15-22(37)17-34-2)20-8-10-27(39)24(16-20)23-13-19(7-9-26(23)38)14-25(32(43)44)35-30(18)41/h7-10,13,16,18,21,25,29,34,38-39H,4-6,11-12,14-15,17,33H2,1-3H3,(H,35,41)(H,43,44)/t18-,21-,25+,29+/m1/s1. The first-order valence-corrected chi connectivity index (χ1v) is 14.7. The highest BCUT2D eigenvalue weighted by atomic mass is 16.4. The quantitative estimate of drug-likeness (QED) is 0.204. The summed E-state index contributed by atoms with van der Waals surface area (Å²) in [5.41, 5.74) is 6.81. The Morgan fingerprint density at radius 2 is 1.70 bits per heavy atom. The monoisotopic (exact) mass is 610 g/mol. The zero-order valence-corrected chi connectivity index (χ0v) is 25.3. The summed E-state index contributed by atoms with van der Waals surface area (Å²) in [6, 6.07) is 6.22. The lowest BCUT2D eigenvalue weighted by molar-refractivity contribution is -0.144. The Morgan fingerprint density at radius 3 is 2.34 bits per heavy atom. The van der Waals surface area contributed by atoms with Gasteiger partial charge in [0.05, 0.1) is 6.54 Å². The van der Waals surface area contributed by atoms with Gasteiger partial charge in [-0.25, -0.2) is 4.79 Å². The van der Waals surface area contributed by atoms with Gasteiger partial charge in [-0.15, -0.1) is 0 Å². The summed E-state index contributed by atoms with van der Waals surface area (Å²) in [6.07, 6.45) is 1.19. The van der Waals surface area contributed by atoms with Crippen LogP contribution in [0.25, 0.3) is 11.1 Å². The van der Waals surface area contributed by atoms with Gasteiger partial charge < -0.3 is 36.6 Å². The van der Waals surface area contributed by atoms with E-state index in [1.165, 1.54) is 55.3 Å². The Hall–Kier alpha value is -4.29. The number of carboxylic acids is 1. The van der Waals surface area contributed by atoms with Crippen LogP contribution >= 0.6 is 0 Å². The molecule has 7 N–H and O–H groups in total. The molecule has 44 heavy (non-hydrogen) atoms. The predicted molar refractivity (Wildman–Crippen MR) is 163 cm³/mol. The molecule has 0 saturated carbocycles. The number of nitrogens with zero attached hydrogens (tertiary/aromatic N) is 1. The van der Waals surface area contributed by atoms with Crippen molar-refractivity contribution >= 4 is 29.4 Å². The van der Waals surface area contributed by atoms with E-state index in [0.717, 1.165) is 0 Å². The van der Waals surface area contributed by atoms with Crippen LogP contribution in [0.5, 0.6) is 11.5 Å². The van der Waals surface area contributed by atoms with Gasteiger partial charge in [-0.3, -0.25) is 19.2 Å². The summed E-state index contributed by atoms with van der Waals surface area (Å²) in [4.78, 5) is 66.8. The van der Waals surface area contributed by atoms with Crippen molar-refractivity contribution in [1.82, 2.24) is 15.5 Å². The number of benzene rings is 2. The van der Waals surface area contributed by atoms with Gasteiger partial charge in [0.2, 0.25) is 11.8 Å². The van der Waals surface area contributed by atoms with E-state index in [-0.39, 0.29) is 54.2 Å². The largest absolute Gasteiger partial charge is 0.507 e. The molecule has 2 aromatic carbocycles. The molecule has 0 fully saturated rings. The first-order chi connectivity index (χ1) is 20.9. The van der Waals surface area contributed by atoms with Gasteiger partial charge in [-0.2, -0.15) is 0 Å². The van der Waals surface area contributed by atoms with E-state index in [2.05, 4.69) is 10.6 Å². The number of nitrogens with two attached hydrogens (primary N) is 1. The minimum Gasteiger partial charge on any atom is -0.507 e. The van der Waals surface area contributed by atoms with Crippen LogP contribution < -0.4 is 16.4 Å². The second-order valence-corrected chi connectivity index (χ2v) is 11.4. The Kier molecular flexibility index (Phi) is 12.0. The lowest BCUT2D eigenvalue weighted by Gasteiger charge is -2.32. The van der Waals surface area contributed by atoms with E-state index in [1.54, 1.807) is 7.05 Å². The van der Waals surface area contributed by atoms with Crippen LogP contribution in [0.3, 0.4) is 0 Å². The number of rotatable bonds is 11. The number of carboxylic acid groups (broad SMARTS) is 1. The fraction of sp³-hybridized carbons (Fsp3) is 0.469. The minimum atomic E-state index is -1.32. The van der Waals surface area contributed by atoms with Crippen molar-refractivity contribution in [2.24, 2.45) is 17.6 Å². The van der Waals surface area contributed by atoms with Crippen LogP contribution in [-0.2, 0) is 30.4 Å². The number of fused-ring (bicyclic) bond motifs is 5. The van der Waals surface area contributed by atoms with Gasteiger partial charge in [0.1, 0.15) is 29.4 Å². The number of carbonyl (C=O) groups excluding carboxylic acids is 4. The maximum absolute atomic E-state index is 14.0. The smallest absolute Gasteiger partial charge is 0.326 e. The molecule has 12 nitrogen and oxygen atoms in total. The summed E-state index contributed by atoms with van der Waals surface area (Å²) in [5.74, 6) is -5.07. The van der Waals surface area contributed by atoms with Crippen LogP contribution in [0.2, 0.25) is 0 Å². The molecule has 2 amide bonds. The Balaban J connectivity index is 2.15. The van der Waals surface area contributed by atoms with Crippen LogP contribution in [0.4, 0.5) is 0 Å². The van der Waals surface area contributed by atoms with Crippen molar-refractivity contribution in [2.75, 3.05) is 27.2 Å². The number of phenols is 2. The number of likely N-dealkylation sites (N-methyl/N-ethyl adjacent to an activating group) is 2. The highest BCUT2D eigenvalue weighted by Gasteiger charge is 2.35. The van der Waals surface area contributed by atoms with Gasteiger partial charge in [0.15, 0.2) is 5.78 Å². The number of hydrogen-bond acceptors (Lipinski definition) is 9. The normalized spacial score (nSPS) is 19.4. The number of nitrogens with one attached hydrogen (secondary N) is 2. The highest BCUT2D eigenvalue weighted by Crippen LogP contribution is 2.39. The van der Waals surface area contributed by atoms with Gasteiger partial charge in [0.25, 0.3) is 0 Å². The average molecular weight is 611 g/mol. The molecule has 12 heteroatoms. The number of carbonyl (C=O) groups is 5. The molecule has 1 aliphatic rings. The van der Waals surface area contributed by atoms with E-state index in [4.69, 9.17) is 5.73 Å². The third-order valence-corrected chi connectivity index (χ3v) is 7.94.